The highest BCUT2D eigenvalue weighted by molar-refractivity contribution is 6.05. The fraction of sp³-hybridized carbons (Fsp3) is 0.368. The van der Waals surface area contributed by atoms with Crippen LogP contribution in [0.2, 0.25) is 0 Å². The van der Waals surface area contributed by atoms with Crippen LogP contribution in [0.3, 0.4) is 0 Å². The van der Waals surface area contributed by atoms with Gasteiger partial charge in [-0.05, 0) is 37.1 Å². The fourth-order valence-corrected chi connectivity index (χ4v) is 3.87. The Morgan fingerprint density at radius 2 is 2.00 bits per heavy atom. The number of carbonyl (C=O) groups excluding carboxylic acids is 1. The van der Waals surface area contributed by atoms with Gasteiger partial charge in [-0.1, -0.05) is 18.2 Å². The predicted octanol–water partition coefficient (Wildman–Crippen LogP) is 1.83. The highest BCUT2D eigenvalue weighted by atomic mass is 16.2. The van der Waals surface area contributed by atoms with Gasteiger partial charge in [-0.15, -0.1) is 0 Å². The molecule has 0 aliphatic carbocycles. The van der Waals surface area contributed by atoms with E-state index in [4.69, 9.17) is 0 Å². The minimum atomic E-state index is -0.101. The normalized spacial score (nSPS) is 21.9. The molecule has 0 spiro atoms. The van der Waals surface area contributed by atoms with E-state index in [1.54, 1.807) is 30.1 Å². The van der Waals surface area contributed by atoms with Crippen LogP contribution in [0.5, 0.6) is 0 Å². The van der Waals surface area contributed by atoms with E-state index in [0.717, 1.165) is 31.7 Å². The summed E-state index contributed by atoms with van der Waals surface area (Å²) < 4.78 is 1.89. The molecule has 2 aliphatic heterocycles. The molecule has 4 rings (SSSR count). The first-order valence-corrected chi connectivity index (χ1v) is 8.42. The standard InChI is InChI=1S/C19H21N3O2/c1-21(19(24)14-5-3-2-4-6-14)16-8-17-15-7-13(10-20-11-15)12-22(17)18(23)9-16/h2-6,8-9,13,15,20H,7,10-12H2,1H3. The van der Waals surface area contributed by atoms with E-state index in [2.05, 4.69) is 5.32 Å². The topological polar surface area (TPSA) is 54.3 Å². The molecule has 0 saturated carbocycles. The molecule has 2 aromatic rings. The Hall–Kier alpha value is -2.40. The molecule has 2 bridgehead atoms. The first kappa shape index (κ1) is 15.1. The van der Waals surface area contributed by atoms with Gasteiger partial charge in [0.25, 0.3) is 11.5 Å². The van der Waals surface area contributed by atoms with E-state index < -0.39 is 0 Å². The van der Waals surface area contributed by atoms with Crippen molar-refractivity contribution < 1.29 is 4.79 Å². The zero-order valence-corrected chi connectivity index (χ0v) is 13.7. The minimum Gasteiger partial charge on any atom is -0.316 e. The van der Waals surface area contributed by atoms with Crippen LogP contribution in [0.15, 0.2) is 47.3 Å². The van der Waals surface area contributed by atoms with Gasteiger partial charge in [0, 0.05) is 43.4 Å². The van der Waals surface area contributed by atoms with Gasteiger partial charge in [0.15, 0.2) is 0 Å². The summed E-state index contributed by atoms with van der Waals surface area (Å²) in [4.78, 5) is 26.8. The van der Waals surface area contributed by atoms with E-state index in [9.17, 15) is 9.59 Å². The molecule has 1 N–H and O–H groups in total. The molecule has 5 heteroatoms. The number of piperidine rings is 1. The summed E-state index contributed by atoms with van der Waals surface area (Å²) in [5.74, 6) is 0.782. The summed E-state index contributed by atoms with van der Waals surface area (Å²) in [7, 11) is 1.73. The molecule has 3 heterocycles. The highest BCUT2D eigenvalue weighted by Crippen LogP contribution is 2.33. The molecule has 2 unspecified atom stereocenters. The third-order valence-electron chi connectivity index (χ3n) is 5.16. The number of nitrogens with zero attached hydrogens (tertiary/aromatic N) is 2. The number of hydrogen-bond acceptors (Lipinski definition) is 3. The number of aromatic nitrogens is 1. The third-order valence-corrected chi connectivity index (χ3v) is 5.16. The van der Waals surface area contributed by atoms with Gasteiger partial charge in [0.2, 0.25) is 0 Å². The summed E-state index contributed by atoms with van der Waals surface area (Å²) in [6.45, 7) is 2.65. The summed E-state index contributed by atoms with van der Waals surface area (Å²) in [5.41, 5.74) is 2.34. The van der Waals surface area contributed by atoms with Crippen LogP contribution in [-0.2, 0) is 6.54 Å². The van der Waals surface area contributed by atoms with E-state index >= 15 is 0 Å². The van der Waals surface area contributed by atoms with Crippen LogP contribution in [0, 0.1) is 5.92 Å². The maximum Gasteiger partial charge on any atom is 0.258 e. The van der Waals surface area contributed by atoms with Crippen molar-refractivity contribution in [3.63, 3.8) is 0 Å². The molecule has 24 heavy (non-hydrogen) atoms. The molecule has 1 aromatic heterocycles. The first-order valence-electron chi connectivity index (χ1n) is 8.42. The number of fused-ring (bicyclic) bond motifs is 4. The summed E-state index contributed by atoms with van der Waals surface area (Å²) >= 11 is 0. The van der Waals surface area contributed by atoms with Gasteiger partial charge in [-0.25, -0.2) is 0 Å². The lowest BCUT2D eigenvalue weighted by Crippen LogP contribution is -2.45. The summed E-state index contributed by atoms with van der Waals surface area (Å²) in [6, 6.07) is 12.7. The SMILES string of the molecule is CN(C(=O)c1ccccc1)c1cc2n(c(=O)c1)CC1CNCC2C1. The van der Waals surface area contributed by atoms with Crippen molar-refractivity contribution in [2.24, 2.45) is 5.92 Å². The second kappa shape index (κ2) is 5.91. The molecule has 1 aromatic carbocycles. The van der Waals surface area contributed by atoms with Gasteiger partial charge < -0.3 is 14.8 Å². The Labute approximate surface area is 140 Å². The number of rotatable bonds is 2. The van der Waals surface area contributed by atoms with Crippen LogP contribution in [0.25, 0.3) is 0 Å². The lowest BCUT2D eigenvalue weighted by atomic mass is 9.84. The zero-order valence-electron chi connectivity index (χ0n) is 13.7. The molecule has 1 amide bonds. The Balaban J connectivity index is 1.71. The lowest BCUT2D eigenvalue weighted by molar-refractivity contribution is 0.0993. The Morgan fingerprint density at radius 1 is 1.21 bits per heavy atom. The Morgan fingerprint density at radius 3 is 2.79 bits per heavy atom. The molecule has 1 saturated heterocycles. The molecular weight excluding hydrogens is 302 g/mol. The molecular formula is C19H21N3O2. The second-order valence-electron chi connectivity index (χ2n) is 6.77. The van der Waals surface area contributed by atoms with Crippen molar-refractivity contribution in [1.82, 2.24) is 9.88 Å². The van der Waals surface area contributed by atoms with Crippen LogP contribution >= 0.6 is 0 Å². The van der Waals surface area contributed by atoms with Crippen molar-refractivity contribution >= 4 is 11.6 Å². The molecule has 124 valence electrons. The van der Waals surface area contributed by atoms with Crippen LogP contribution in [0.4, 0.5) is 5.69 Å². The van der Waals surface area contributed by atoms with Crippen molar-refractivity contribution in [2.45, 2.75) is 18.9 Å². The van der Waals surface area contributed by atoms with E-state index in [0.29, 0.717) is 23.1 Å². The van der Waals surface area contributed by atoms with Gasteiger partial charge in [-0.2, -0.15) is 0 Å². The minimum absolute atomic E-state index is 0.00758. The van der Waals surface area contributed by atoms with Crippen LogP contribution in [-0.4, -0.2) is 30.6 Å². The van der Waals surface area contributed by atoms with E-state index in [1.807, 2.05) is 28.8 Å². The number of carbonyl (C=O) groups is 1. The van der Waals surface area contributed by atoms with Gasteiger partial charge in [0.1, 0.15) is 0 Å². The first-order chi connectivity index (χ1) is 11.6. The van der Waals surface area contributed by atoms with Gasteiger partial charge >= 0.3 is 0 Å². The average Bonchev–Trinajstić information content (AvgIpc) is 2.62. The Bertz CT molecular complexity index is 828. The smallest absolute Gasteiger partial charge is 0.258 e. The highest BCUT2D eigenvalue weighted by Gasteiger charge is 2.31. The van der Waals surface area contributed by atoms with Crippen molar-refractivity contribution in [1.29, 1.82) is 0 Å². The number of hydrogen-bond donors (Lipinski definition) is 1. The number of amides is 1. The summed E-state index contributed by atoms with van der Waals surface area (Å²) in [6.07, 6.45) is 1.12. The van der Waals surface area contributed by atoms with Crippen LogP contribution < -0.4 is 15.8 Å². The molecule has 2 aliphatic rings. The average molecular weight is 323 g/mol. The summed E-state index contributed by atoms with van der Waals surface area (Å²) in [5, 5.41) is 3.45. The van der Waals surface area contributed by atoms with E-state index in [1.165, 1.54) is 0 Å². The fourth-order valence-electron chi connectivity index (χ4n) is 3.87. The predicted molar refractivity (Wildman–Crippen MR) is 93.6 cm³/mol. The molecule has 2 atom stereocenters. The number of anilines is 1. The maximum absolute atomic E-state index is 12.6. The quantitative estimate of drug-likeness (QED) is 0.917. The van der Waals surface area contributed by atoms with Crippen LogP contribution in [0.1, 0.15) is 28.4 Å². The molecule has 5 nitrogen and oxygen atoms in total. The number of pyridine rings is 1. The Kier molecular flexibility index (Phi) is 3.73. The number of benzene rings is 1. The zero-order chi connectivity index (χ0) is 16.7. The maximum atomic E-state index is 12.6. The number of nitrogens with one attached hydrogen (secondary N) is 1. The second-order valence-corrected chi connectivity index (χ2v) is 6.77. The van der Waals surface area contributed by atoms with E-state index in [-0.39, 0.29) is 11.5 Å². The largest absolute Gasteiger partial charge is 0.316 e. The van der Waals surface area contributed by atoms with Gasteiger partial charge in [0.05, 0.1) is 5.69 Å². The molecule has 1 fully saturated rings. The van der Waals surface area contributed by atoms with Crippen molar-refractivity contribution in [3.05, 3.63) is 64.1 Å². The monoisotopic (exact) mass is 323 g/mol. The third kappa shape index (κ3) is 2.55. The van der Waals surface area contributed by atoms with Crippen molar-refractivity contribution in [2.75, 3.05) is 25.0 Å². The van der Waals surface area contributed by atoms with Crippen molar-refractivity contribution in [3.8, 4) is 0 Å². The molecule has 0 radical (unpaired) electrons. The lowest BCUT2D eigenvalue weighted by Gasteiger charge is -2.38. The van der Waals surface area contributed by atoms with Gasteiger partial charge in [-0.3, -0.25) is 9.59 Å².